The van der Waals surface area contributed by atoms with Crippen LogP contribution in [0.15, 0.2) is 33.7 Å². The molecule has 4 N–H and O–H groups in total. The molecule has 1 aromatic heterocycles. The predicted molar refractivity (Wildman–Crippen MR) is 71.8 cm³/mol. The molecule has 1 amide bonds. The Morgan fingerprint density at radius 3 is 2.79 bits per heavy atom. The van der Waals surface area contributed by atoms with Crippen LogP contribution >= 0.6 is 11.6 Å². The summed E-state index contributed by atoms with van der Waals surface area (Å²) in [4.78, 5) is 19.2. The number of halogens is 1. The van der Waals surface area contributed by atoms with Gasteiger partial charge in [0.25, 0.3) is 0 Å². The summed E-state index contributed by atoms with van der Waals surface area (Å²) in [5.74, 6) is -0.342. The summed E-state index contributed by atoms with van der Waals surface area (Å²) in [6.07, 6.45) is 0. The van der Waals surface area contributed by atoms with Crippen molar-refractivity contribution in [1.82, 2.24) is 4.98 Å². The lowest BCUT2D eigenvalue weighted by molar-refractivity contribution is 0.0997. The maximum absolute atomic E-state index is 11.7. The van der Waals surface area contributed by atoms with Crippen molar-refractivity contribution >= 4 is 23.5 Å². The second-order valence-electron chi connectivity index (χ2n) is 3.78. The Morgan fingerprint density at radius 2 is 2.16 bits per heavy atom. The Hall–Kier alpha value is -2.34. The van der Waals surface area contributed by atoms with Gasteiger partial charge in [0, 0.05) is 10.6 Å². The number of aliphatic imine (C=N–C) groups is 1. The van der Waals surface area contributed by atoms with E-state index in [-0.39, 0.29) is 17.5 Å². The van der Waals surface area contributed by atoms with Crippen molar-refractivity contribution in [1.29, 1.82) is 0 Å². The molecule has 2 aromatic rings. The molecule has 0 bridgehead atoms. The number of carbonyl (C=O) groups is 1. The highest BCUT2D eigenvalue weighted by Crippen LogP contribution is 2.24. The third-order valence-electron chi connectivity index (χ3n) is 2.30. The molecule has 1 aromatic carbocycles. The number of aromatic nitrogens is 1. The van der Waals surface area contributed by atoms with Crippen LogP contribution in [0.3, 0.4) is 0 Å². The van der Waals surface area contributed by atoms with Gasteiger partial charge in [-0.3, -0.25) is 4.79 Å². The Balaban J connectivity index is 2.42. The number of carbonyl (C=O) groups excluding carboxylic acids is 1. The van der Waals surface area contributed by atoms with Crippen LogP contribution in [-0.2, 0) is 0 Å². The van der Waals surface area contributed by atoms with E-state index in [4.69, 9.17) is 27.5 Å². The molecular formula is C12H11ClN4O2. The summed E-state index contributed by atoms with van der Waals surface area (Å²) >= 11 is 5.88. The van der Waals surface area contributed by atoms with Gasteiger partial charge in [-0.05, 0) is 25.1 Å². The number of aryl methyl sites for hydroxylation is 1. The predicted octanol–water partition coefficient (Wildman–Crippen LogP) is 1.72. The van der Waals surface area contributed by atoms with Crippen LogP contribution in [0, 0.1) is 6.92 Å². The van der Waals surface area contributed by atoms with E-state index in [9.17, 15) is 4.79 Å². The van der Waals surface area contributed by atoms with Gasteiger partial charge in [0.1, 0.15) is 5.76 Å². The highest BCUT2D eigenvalue weighted by atomic mass is 35.5. The first-order chi connectivity index (χ1) is 8.97. The first-order valence-electron chi connectivity index (χ1n) is 5.34. The largest absolute Gasteiger partial charge is 0.441 e. The number of nitrogens with zero attached hydrogens (tertiary/aromatic N) is 2. The van der Waals surface area contributed by atoms with Crippen LogP contribution in [-0.4, -0.2) is 16.9 Å². The van der Waals surface area contributed by atoms with Crippen molar-refractivity contribution in [3.8, 4) is 11.5 Å². The Morgan fingerprint density at radius 1 is 1.42 bits per heavy atom. The molecule has 6 nitrogen and oxygen atoms in total. The monoisotopic (exact) mass is 278 g/mol. The van der Waals surface area contributed by atoms with Crippen molar-refractivity contribution < 1.29 is 9.21 Å². The average Bonchev–Trinajstić information content (AvgIpc) is 2.70. The SMILES string of the molecule is Cc1oc(-c2cccc(Cl)c2)nc1C(=O)N=C(N)N. The number of rotatable bonds is 2. The van der Waals surface area contributed by atoms with E-state index >= 15 is 0 Å². The van der Waals surface area contributed by atoms with Crippen molar-refractivity contribution in [3.63, 3.8) is 0 Å². The van der Waals surface area contributed by atoms with Crippen LogP contribution in [0.4, 0.5) is 0 Å². The lowest BCUT2D eigenvalue weighted by Crippen LogP contribution is -2.24. The first-order valence-corrected chi connectivity index (χ1v) is 5.72. The Kier molecular flexibility index (Phi) is 3.52. The van der Waals surface area contributed by atoms with Crippen molar-refractivity contribution in [3.05, 3.63) is 40.7 Å². The van der Waals surface area contributed by atoms with E-state index in [0.717, 1.165) is 0 Å². The van der Waals surface area contributed by atoms with Crippen LogP contribution in [0.1, 0.15) is 16.2 Å². The normalized spacial score (nSPS) is 10.2. The maximum atomic E-state index is 11.7. The van der Waals surface area contributed by atoms with Gasteiger partial charge in [-0.1, -0.05) is 17.7 Å². The molecule has 19 heavy (non-hydrogen) atoms. The minimum atomic E-state index is -0.644. The summed E-state index contributed by atoms with van der Waals surface area (Å²) in [5.41, 5.74) is 11.0. The summed E-state index contributed by atoms with van der Waals surface area (Å²) in [6.45, 7) is 1.61. The number of hydrogen-bond donors (Lipinski definition) is 2. The minimum Gasteiger partial charge on any atom is -0.441 e. The molecule has 2 rings (SSSR count). The van der Waals surface area contributed by atoms with E-state index in [1.165, 1.54) is 0 Å². The molecule has 1 heterocycles. The van der Waals surface area contributed by atoms with E-state index in [1.54, 1.807) is 31.2 Å². The molecule has 0 spiro atoms. The fourth-order valence-electron chi connectivity index (χ4n) is 1.51. The van der Waals surface area contributed by atoms with Gasteiger partial charge in [0.15, 0.2) is 11.7 Å². The third kappa shape index (κ3) is 2.92. The summed E-state index contributed by atoms with van der Waals surface area (Å²) in [5, 5.41) is 0.547. The molecule has 0 unspecified atom stereocenters. The van der Waals surface area contributed by atoms with Gasteiger partial charge in [-0.2, -0.15) is 4.99 Å². The molecule has 98 valence electrons. The van der Waals surface area contributed by atoms with Crippen molar-refractivity contribution in [2.75, 3.05) is 0 Å². The number of amides is 1. The fourth-order valence-corrected chi connectivity index (χ4v) is 1.70. The Bertz CT molecular complexity index is 659. The zero-order chi connectivity index (χ0) is 14.0. The van der Waals surface area contributed by atoms with E-state index in [2.05, 4.69) is 9.98 Å². The number of oxazole rings is 1. The molecule has 0 atom stereocenters. The number of benzene rings is 1. The zero-order valence-electron chi connectivity index (χ0n) is 10.1. The van der Waals surface area contributed by atoms with Gasteiger partial charge in [0.2, 0.25) is 5.89 Å². The standard InChI is InChI=1S/C12H11ClN4O2/c1-6-9(10(18)17-12(14)15)16-11(19-6)7-3-2-4-8(13)5-7/h2-5H,1H3,(H4,14,15,17,18). The minimum absolute atomic E-state index is 0.0726. The van der Waals surface area contributed by atoms with Crippen LogP contribution in [0.25, 0.3) is 11.5 Å². The molecule has 0 aliphatic carbocycles. The van der Waals surface area contributed by atoms with Gasteiger partial charge < -0.3 is 15.9 Å². The first kappa shape index (κ1) is 13.1. The Labute approximate surface area is 114 Å². The average molecular weight is 279 g/mol. The van der Waals surface area contributed by atoms with Gasteiger partial charge in [0.05, 0.1) is 0 Å². The zero-order valence-corrected chi connectivity index (χ0v) is 10.8. The second-order valence-corrected chi connectivity index (χ2v) is 4.21. The number of hydrogen-bond acceptors (Lipinski definition) is 3. The van der Waals surface area contributed by atoms with Crippen LogP contribution < -0.4 is 11.5 Å². The lowest BCUT2D eigenvalue weighted by Gasteiger charge is -1.94. The summed E-state index contributed by atoms with van der Waals surface area (Å²) < 4.78 is 5.42. The highest BCUT2D eigenvalue weighted by molar-refractivity contribution is 6.30. The van der Waals surface area contributed by atoms with Gasteiger partial charge in [-0.25, -0.2) is 4.98 Å². The van der Waals surface area contributed by atoms with E-state index in [0.29, 0.717) is 16.3 Å². The van der Waals surface area contributed by atoms with Crippen molar-refractivity contribution in [2.45, 2.75) is 6.92 Å². The molecule has 7 heteroatoms. The van der Waals surface area contributed by atoms with E-state index < -0.39 is 5.91 Å². The quantitative estimate of drug-likeness (QED) is 0.642. The molecule has 0 radical (unpaired) electrons. The molecule has 0 fully saturated rings. The van der Waals surface area contributed by atoms with Gasteiger partial charge >= 0.3 is 5.91 Å². The molecule has 0 saturated carbocycles. The number of nitrogens with two attached hydrogens (primary N) is 2. The molecular weight excluding hydrogens is 268 g/mol. The topological polar surface area (TPSA) is 108 Å². The van der Waals surface area contributed by atoms with E-state index in [1.807, 2.05) is 0 Å². The third-order valence-corrected chi connectivity index (χ3v) is 2.54. The lowest BCUT2D eigenvalue weighted by atomic mass is 10.2. The molecule has 0 aliphatic heterocycles. The van der Waals surface area contributed by atoms with Crippen LogP contribution in [0.5, 0.6) is 0 Å². The maximum Gasteiger partial charge on any atom is 0.302 e. The second kappa shape index (κ2) is 5.11. The van der Waals surface area contributed by atoms with Crippen LogP contribution in [0.2, 0.25) is 5.02 Å². The number of guanidine groups is 1. The molecule has 0 aliphatic rings. The molecule has 0 saturated heterocycles. The van der Waals surface area contributed by atoms with Crippen molar-refractivity contribution in [2.24, 2.45) is 16.5 Å². The fraction of sp³-hybridized carbons (Fsp3) is 0.0833. The smallest absolute Gasteiger partial charge is 0.302 e. The van der Waals surface area contributed by atoms with Gasteiger partial charge in [-0.15, -0.1) is 0 Å². The highest BCUT2D eigenvalue weighted by Gasteiger charge is 2.17. The summed E-state index contributed by atoms with van der Waals surface area (Å²) in [7, 11) is 0. The summed E-state index contributed by atoms with van der Waals surface area (Å²) in [6, 6.07) is 6.94.